The van der Waals surface area contributed by atoms with Gasteiger partial charge in [0.25, 0.3) is 0 Å². The van der Waals surface area contributed by atoms with Gasteiger partial charge in [-0.1, -0.05) is 55.0 Å². The van der Waals surface area contributed by atoms with Crippen molar-refractivity contribution < 1.29 is 14.3 Å². The molecule has 1 fully saturated rings. The number of ether oxygens (including phenoxy) is 2. The number of allylic oxidation sites excluding steroid dienone is 2. The molecule has 1 saturated heterocycles. The van der Waals surface area contributed by atoms with Gasteiger partial charge in [0.2, 0.25) is 0 Å². The lowest BCUT2D eigenvalue weighted by atomic mass is 9.95. The maximum atomic E-state index is 11.4. The highest BCUT2D eigenvalue weighted by Crippen LogP contribution is 2.41. The standard InChI is InChI=1S/C31H33NO3/c1-23(33)35-28-14-15-29-26(21-28)22-30(25-8-4-2-5-9-25)31(29)20-24-10-12-27(13-11-24)34-19-18-32-16-6-3-7-17-32/h2,4-5,8-15,21H,3,6-7,16-20,22H2,1H3. The number of carbonyl (C=O) groups is 1. The lowest BCUT2D eigenvalue weighted by Crippen LogP contribution is -2.33. The Bertz CT molecular complexity index is 1190. The van der Waals surface area contributed by atoms with Gasteiger partial charge in [0.1, 0.15) is 18.1 Å². The van der Waals surface area contributed by atoms with E-state index >= 15 is 0 Å². The molecule has 0 atom stereocenters. The van der Waals surface area contributed by atoms with Crippen LogP contribution in [0.2, 0.25) is 0 Å². The second-order valence-corrected chi connectivity index (χ2v) is 9.48. The molecular weight excluding hydrogens is 434 g/mol. The zero-order valence-electron chi connectivity index (χ0n) is 20.5. The van der Waals surface area contributed by atoms with Gasteiger partial charge in [0.05, 0.1) is 0 Å². The Labute approximate surface area is 208 Å². The first kappa shape index (κ1) is 23.4. The van der Waals surface area contributed by atoms with Crippen LogP contribution in [-0.4, -0.2) is 37.1 Å². The fraction of sp³-hybridized carbons (Fsp3) is 0.323. The summed E-state index contributed by atoms with van der Waals surface area (Å²) in [5.41, 5.74) is 7.61. The molecule has 2 aliphatic rings. The number of likely N-dealkylation sites (tertiary alicyclic amines) is 1. The van der Waals surface area contributed by atoms with E-state index in [2.05, 4.69) is 65.6 Å². The van der Waals surface area contributed by atoms with Gasteiger partial charge in [-0.2, -0.15) is 0 Å². The third-order valence-electron chi connectivity index (χ3n) is 6.95. The average molecular weight is 468 g/mol. The molecule has 3 aromatic rings. The Morgan fingerprint density at radius 2 is 1.63 bits per heavy atom. The van der Waals surface area contributed by atoms with Crippen LogP contribution in [0.25, 0.3) is 11.1 Å². The molecule has 0 aromatic heterocycles. The van der Waals surface area contributed by atoms with E-state index < -0.39 is 0 Å². The summed E-state index contributed by atoms with van der Waals surface area (Å²) < 4.78 is 11.4. The van der Waals surface area contributed by atoms with E-state index in [1.165, 1.54) is 72.7 Å². The van der Waals surface area contributed by atoms with Crippen LogP contribution in [-0.2, 0) is 17.6 Å². The summed E-state index contributed by atoms with van der Waals surface area (Å²) in [7, 11) is 0. The number of nitrogens with zero attached hydrogens (tertiary/aromatic N) is 1. The Hall–Kier alpha value is -3.37. The summed E-state index contributed by atoms with van der Waals surface area (Å²) >= 11 is 0. The largest absolute Gasteiger partial charge is 0.492 e. The number of rotatable bonds is 8. The molecule has 5 rings (SSSR count). The highest BCUT2D eigenvalue weighted by molar-refractivity contribution is 5.98. The topological polar surface area (TPSA) is 38.8 Å². The van der Waals surface area contributed by atoms with Crippen molar-refractivity contribution in [2.45, 2.75) is 39.0 Å². The summed E-state index contributed by atoms with van der Waals surface area (Å²) in [5, 5.41) is 0. The number of piperidine rings is 1. The highest BCUT2D eigenvalue weighted by Gasteiger charge is 2.23. The molecule has 0 spiro atoms. The fourth-order valence-electron chi connectivity index (χ4n) is 5.20. The van der Waals surface area contributed by atoms with Gasteiger partial charge in [0.15, 0.2) is 0 Å². The second-order valence-electron chi connectivity index (χ2n) is 9.48. The third kappa shape index (κ3) is 5.83. The Morgan fingerprint density at radius 3 is 2.37 bits per heavy atom. The van der Waals surface area contributed by atoms with E-state index in [1.807, 2.05) is 12.1 Å². The summed E-state index contributed by atoms with van der Waals surface area (Å²) in [6.45, 7) is 5.57. The van der Waals surface area contributed by atoms with Crippen LogP contribution in [0.3, 0.4) is 0 Å². The first-order valence-corrected chi connectivity index (χ1v) is 12.7. The van der Waals surface area contributed by atoms with Crippen LogP contribution >= 0.6 is 0 Å². The highest BCUT2D eigenvalue weighted by atomic mass is 16.5. The van der Waals surface area contributed by atoms with E-state index in [4.69, 9.17) is 9.47 Å². The predicted octanol–water partition coefficient (Wildman–Crippen LogP) is 6.19. The number of fused-ring (bicyclic) bond motifs is 1. The molecule has 4 heteroatoms. The zero-order chi connectivity index (χ0) is 24.0. The number of hydrogen-bond donors (Lipinski definition) is 0. The molecule has 0 saturated carbocycles. The lowest BCUT2D eigenvalue weighted by Gasteiger charge is -2.26. The first-order chi connectivity index (χ1) is 17.2. The van der Waals surface area contributed by atoms with E-state index in [9.17, 15) is 4.79 Å². The molecule has 0 amide bonds. The predicted molar refractivity (Wildman–Crippen MR) is 141 cm³/mol. The van der Waals surface area contributed by atoms with Gasteiger partial charge in [-0.3, -0.25) is 9.69 Å². The van der Waals surface area contributed by atoms with Crippen molar-refractivity contribution in [2.75, 3.05) is 26.2 Å². The van der Waals surface area contributed by atoms with Gasteiger partial charge in [-0.15, -0.1) is 0 Å². The number of hydrogen-bond acceptors (Lipinski definition) is 4. The minimum absolute atomic E-state index is 0.294. The van der Waals surface area contributed by atoms with Crippen LogP contribution < -0.4 is 9.47 Å². The fourth-order valence-corrected chi connectivity index (χ4v) is 5.20. The van der Waals surface area contributed by atoms with Crippen LogP contribution in [0.1, 0.15) is 48.4 Å². The quantitative estimate of drug-likeness (QED) is 0.293. The number of esters is 1. The minimum Gasteiger partial charge on any atom is -0.492 e. The van der Waals surface area contributed by atoms with Crippen molar-refractivity contribution in [3.63, 3.8) is 0 Å². The van der Waals surface area contributed by atoms with Crippen LogP contribution in [0.15, 0.2) is 72.8 Å². The molecule has 35 heavy (non-hydrogen) atoms. The van der Waals surface area contributed by atoms with Gasteiger partial charge in [-0.25, -0.2) is 0 Å². The number of carbonyl (C=O) groups excluding carboxylic acids is 1. The van der Waals surface area contributed by atoms with Crippen molar-refractivity contribution in [1.29, 1.82) is 0 Å². The number of benzene rings is 3. The summed E-state index contributed by atoms with van der Waals surface area (Å²) in [6.07, 6.45) is 5.66. The van der Waals surface area contributed by atoms with Crippen LogP contribution in [0.5, 0.6) is 11.5 Å². The summed E-state index contributed by atoms with van der Waals surface area (Å²) in [6, 6.07) is 25.1. The smallest absolute Gasteiger partial charge is 0.308 e. The van der Waals surface area contributed by atoms with Gasteiger partial charge >= 0.3 is 5.97 Å². The SMILES string of the molecule is CC(=O)Oc1ccc2c(c1)CC(c1ccccc1)=C2Cc1ccc(OCCN2CCCCC2)cc1. The lowest BCUT2D eigenvalue weighted by molar-refractivity contribution is -0.131. The molecule has 0 bridgehead atoms. The molecule has 0 unspecified atom stereocenters. The van der Waals surface area contributed by atoms with Crippen molar-refractivity contribution in [2.24, 2.45) is 0 Å². The normalized spacial score (nSPS) is 15.7. The van der Waals surface area contributed by atoms with Crippen LogP contribution in [0.4, 0.5) is 0 Å². The average Bonchev–Trinajstić information content (AvgIpc) is 3.23. The van der Waals surface area contributed by atoms with E-state index in [0.717, 1.165) is 31.7 Å². The maximum absolute atomic E-state index is 11.4. The molecule has 4 nitrogen and oxygen atoms in total. The van der Waals surface area contributed by atoms with E-state index in [0.29, 0.717) is 5.75 Å². The molecule has 180 valence electrons. The molecule has 3 aromatic carbocycles. The molecule has 1 heterocycles. The Balaban J connectivity index is 1.31. The Kier molecular flexibility index (Phi) is 7.29. The second kappa shape index (κ2) is 10.9. The monoisotopic (exact) mass is 467 g/mol. The van der Waals surface area contributed by atoms with Crippen molar-refractivity contribution >= 4 is 17.1 Å². The van der Waals surface area contributed by atoms with Gasteiger partial charge in [-0.05, 0) is 96.4 Å². The zero-order valence-corrected chi connectivity index (χ0v) is 20.5. The summed E-state index contributed by atoms with van der Waals surface area (Å²) in [4.78, 5) is 13.9. The molecule has 0 radical (unpaired) electrons. The molecular formula is C31H33NO3. The van der Waals surface area contributed by atoms with Crippen molar-refractivity contribution in [3.8, 4) is 11.5 Å². The maximum Gasteiger partial charge on any atom is 0.308 e. The van der Waals surface area contributed by atoms with Gasteiger partial charge < -0.3 is 9.47 Å². The summed E-state index contributed by atoms with van der Waals surface area (Å²) in [5.74, 6) is 1.24. The minimum atomic E-state index is -0.294. The van der Waals surface area contributed by atoms with E-state index in [-0.39, 0.29) is 5.97 Å². The van der Waals surface area contributed by atoms with Crippen molar-refractivity contribution in [3.05, 3.63) is 95.1 Å². The van der Waals surface area contributed by atoms with Crippen LogP contribution in [0, 0.1) is 0 Å². The first-order valence-electron chi connectivity index (χ1n) is 12.7. The van der Waals surface area contributed by atoms with Gasteiger partial charge in [0, 0.05) is 13.5 Å². The van der Waals surface area contributed by atoms with E-state index in [1.54, 1.807) is 0 Å². The molecule has 1 aliphatic carbocycles. The molecule has 1 aliphatic heterocycles. The van der Waals surface area contributed by atoms with Crippen molar-refractivity contribution in [1.82, 2.24) is 4.90 Å². The molecule has 0 N–H and O–H groups in total. The Morgan fingerprint density at radius 1 is 0.886 bits per heavy atom. The third-order valence-corrected chi connectivity index (χ3v) is 6.95.